The van der Waals surface area contributed by atoms with Crippen LogP contribution in [-0.4, -0.2) is 41.1 Å². The average Bonchev–Trinajstić information content (AvgIpc) is 2.72. The molecule has 3 rings (SSSR count). The van der Waals surface area contributed by atoms with Gasteiger partial charge in [-0.05, 0) is 55.5 Å². The molecule has 0 fully saturated rings. The Balaban J connectivity index is 1.71. The number of ether oxygens (including phenoxy) is 1. The lowest BCUT2D eigenvalue weighted by molar-refractivity contribution is -0.274. The first kappa shape index (κ1) is 21.4. The topological polar surface area (TPSA) is 70.5 Å². The molecule has 6 nitrogen and oxygen atoms in total. The van der Waals surface area contributed by atoms with Crippen molar-refractivity contribution in [3.8, 4) is 17.0 Å². The van der Waals surface area contributed by atoms with Crippen LogP contribution < -0.4 is 15.0 Å². The second kappa shape index (κ2) is 9.45. The highest BCUT2D eigenvalue weighted by molar-refractivity contribution is 5.66. The van der Waals surface area contributed by atoms with Crippen molar-refractivity contribution in [3.63, 3.8) is 0 Å². The summed E-state index contributed by atoms with van der Waals surface area (Å²) in [5.41, 5.74) is 3.01. The summed E-state index contributed by atoms with van der Waals surface area (Å²) in [6.07, 6.45) is -3.35. The van der Waals surface area contributed by atoms with Crippen molar-refractivity contribution < 1.29 is 23.0 Å². The summed E-state index contributed by atoms with van der Waals surface area (Å²) in [6, 6.07) is 14.9. The van der Waals surface area contributed by atoms with Crippen LogP contribution in [0.1, 0.15) is 6.92 Å². The van der Waals surface area contributed by atoms with Gasteiger partial charge >= 0.3 is 6.36 Å². The third-order valence-electron chi connectivity index (χ3n) is 4.31. The number of aliphatic hydroxyl groups excluding tert-OH is 1. The SMILES string of the molecule is CCN(CCO)c1ccc(Nc2cc(-c3ccc(OC(F)(F)F)cc3)ncn2)cc1. The summed E-state index contributed by atoms with van der Waals surface area (Å²) < 4.78 is 40.7. The monoisotopic (exact) mass is 418 g/mol. The molecular formula is C21H21F3N4O2. The third kappa shape index (κ3) is 5.84. The van der Waals surface area contributed by atoms with E-state index < -0.39 is 6.36 Å². The van der Waals surface area contributed by atoms with Crippen molar-refractivity contribution in [3.05, 3.63) is 60.9 Å². The molecule has 30 heavy (non-hydrogen) atoms. The zero-order valence-electron chi connectivity index (χ0n) is 16.2. The van der Waals surface area contributed by atoms with E-state index in [2.05, 4.69) is 24.9 Å². The first-order valence-electron chi connectivity index (χ1n) is 9.29. The van der Waals surface area contributed by atoms with Gasteiger partial charge in [-0.2, -0.15) is 0 Å². The minimum absolute atomic E-state index is 0.0842. The first-order valence-corrected chi connectivity index (χ1v) is 9.29. The quantitative estimate of drug-likeness (QED) is 0.557. The van der Waals surface area contributed by atoms with Crippen molar-refractivity contribution >= 4 is 17.2 Å². The molecule has 0 aliphatic heterocycles. The minimum atomic E-state index is -4.73. The molecule has 0 aliphatic carbocycles. The zero-order valence-corrected chi connectivity index (χ0v) is 16.2. The summed E-state index contributed by atoms with van der Waals surface area (Å²) in [5, 5.41) is 12.3. The van der Waals surface area contributed by atoms with Crippen LogP contribution in [0.15, 0.2) is 60.9 Å². The van der Waals surface area contributed by atoms with Gasteiger partial charge in [0, 0.05) is 36.1 Å². The predicted molar refractivity (Wildman–Crippen MR) is 109 cm³/mol. The molecule has 158 valence electrons. The van der Waals surface area contributed by atoms with Crippen LogP contribution in [0.3, 0.4) is 0 Å². The number of rotatable bonds is 8. The number of aromatic nitrogens is 2. The lowest BCUT2D eigenvalue weighted by atomic mass is 10.1. The molecule has 1 heterocycles. The van der Waals surface area contributed by atoms with Gasteiger partial charge in [0.1, 0.15) is 17.9 Å². The van der Waals surface area contributed by atoms with Crippen LogP contribution in [-0.2, 0) is 0 Å². The number of nitrogens with one attached hydrogen (secondary N) is 1. The third-order valence-corrected chi connectivity index (χ3v) is 4.31. The maximum absolute atomic E-state index is 12.3. The minimum Gasteiger partial charge on any atom is -0.406 e. The van der Waals surface area contributed by atoms with Gasteiger partial charge in [0.05, 0.1) is 12.3 Å². The summed E-state index contributed by atoms with van der Waals surface area (Å²) in [7, 11) is 0. The van der Waals surface area contributed by atoms with E-state index in [0.29, 0.717) is 23.6 Å². The van der Waals surface area contributed by atoms with Crippen LogP contribution >= 0.6 is 0 Å². The van der Waals surface area contributed by atoms with Crippen molar-refractivity contribution in [1.29, 1.82) is 0 Å². The molecule has 0 amide bonds. The first-order chi connectivity index (χ1) is 14.4. The standard InChI is InChI=1S/C21H21F3N4O2/c1-2-28(11-12-29)17-7-5-16(6-8-17)27-20-13-19(25-14-26-20)15-3-9-18(10-4-15)30-21(22,23)24/h3-10,13-14,29H,2,11-12H2,1H3,(H,25,26,27). The average molecular weight is 418 g/mol. The van der Waals surface area contributed by atoms with Gasteiger partial charge in [-0.25, -0.2) is 9.97 Å². The lowest BCUT2D eigenvalue weighted by Crippen LogP contribution is -2.25. The molecule has 1 aromatic heterocycles. The summed E-state index contributed by atoms with van der Waals surface area (Å²) in [5.74, 6) is 0.257. The van der Waals surface area contributed by atoms with Gasteiger partial charge in [-0.1, -0.05) is 0 Å². The molecule has 0 atom stereocenters. The molecule has 0 saturated heterocycles. The molecule has 3 aromatic rings. The zero-order chi connectivity index (χ0) is 21.6. The molecule has 2 aromatic carbocycles. The van der Waals surface area contributed by atoms with Gasteiger partial charge in [0.2, 0.25) is 0 Å². The predicted octanol–water partition coefficient (Wildman–Crippen LogP) is 4.60. The fraction of sp³-hybridized carbons (Fsp3) is 0.238. The van der Waals surface area contributed by atoms with Crippen molar-refractivity contribution in [2.24, 2.45) is 0 Å². The normalized spacial score (nSPS) is 11.2. The number of aliphatic hydroxyl groups is 1. The molecule has 0 bridgehead atoms. The fourth-order valence-electron chi connectivity index (χ4n) is 2.90. The van der Waals surface area contributed by atoms with Crippen molar-refractivity contribution in [2.75, 3.05) is 29.9 Å². The Kier molecular flexibility index (Phi) is 6.73. The smallest absolute Gasteiger partial charge is 0.406 e. The number of likely N-dealkylation sites (N-methyl/N-ethyl adjacent to an activating group) is 1. The van der Waals surface area contributed by atoms with Crippen LogP contribution in [0.4, 0.5) is 30.4 Å². The number of nitrogens with zero attached hydrogens (tertiary/aromatic N) is 3. The van der Waals surface area contributed by atoms with Crippen LogP contribution in [0, 0.1) is 0 Å². The number of hydrogen-bond acceptors (Lipinski definition) is 6. The highest BCUT2D eigenvalue weighted by atomic mass is 19.4. The van der Waals surface area contributed by atoms with Gasteiger partial charge < -0.3 is 20.1 Å². The van der Waals surface area contributed by atoms with Crippen molar-refractivity contribution in [1.82, 2.24) is 9.97 Å². The fourth-order valence-corrected chi connectivity index (χ4v) is 2.90. The molecule has 2 N–H and O–H groups in total. The van der Waals surface area contributed by atoms with Gasteiger partial charge in [0.25, 0.3) is 0 Å². The van der Waals surface area contributed by atoms with E-state index in [-0.39, 0.29) is 12.4 Å². The Hall–Kier alpha value is -3.33. The molecule has 0 saturated carbocycles. The van der Waals surface area contributed by atoms with Crippen LogP contribution in [0.25, 0.3) is 11.3 Å². The Morgan fingerprint density at radius 3 is 2.33 bits per heavy atom. The maximum Gasteiger partial charge on any atom is 0.573 e. The molecule has 0 aliphatic rings. The molecule has 0 spiro atoms. The van der Waals surface area contributed by atoms with Gasteiger partial charge in [0.15, 0.2) is 0 Å². The van der Waals surface area contributed by atoms with E-state index >= 15 is 0 Å². The van der Waals surface area contributed by atoms with E-state index in [1.807, 2.05) is 31.2 Å². The van der Waals surface area contributed by atoms with Gasteiger partial charge in [-0.3, -0.25) is 0 Å². The maximum atomic E-state index is 12.3. The Bertz CT molecular complexity index is 948. The summed E-state index contributed by atoms with van der Waals surface area (Å²) >= 11 is 0. The number of benzene rings is 2. The van der Waals surface area contributed by atoms with Crippen LogP contribution in [0.2, 0.25) is 0 Å². The number of alkyl halides is 3. The molecule has 9 heteroatoms. The van der Waals surface area contributed by atoms with E-state index in [1.54, 1.807) is 6.07 Å². The Morgan fingerprint density at radius 2 is 1.73 bits per heavy atom. The van der Waals surface area contributed by atoms with Crippen LogP contribution in [0.5, 0.6) is 5.75 Å². The largest absolute Gasteiger partial charge is 0.573 e. The Labute approximate surface area is 172 Å². The second-order valence-corrected chi connectivity index (χ2v) is 6.34. The highest BCUT2D eigenvalue weighted by Crippen LogP contribution is 2.27. The number of halogens is 3. The lowest BCUT2D eigenvalue weighted by Gasteiger charge is -2.22. The van der Waals surface area contributed by atoms with E-state index in [0.717, 1.165) is 17.9 Å². The number of anilines is 3. The number of hydrogen-bond donors (Lipinski definition) is 2. The van der Waals surface area contributed by atoms with E-state index in [1.165, 1.54) is 30.6 Å². The second-order valence-electron chi connectivity index (χ2n) is 6.34. The Morgan fingerprint density at radius 1 is 1.03 bits per heavy atom. The van der Waals surface area contributed by atoms with E-state index in [9.17, 15) is 13.2 Å². The summed E-state index contributed by atoms with van der Waals surface area (Å²) in [4.78, 5) is 10.4. The molecule has 0 radical (unpaired) electrons. The molecule has 0 unspecified atom stereocenters. The highest BCUT2D eigenvalue weighted by Gasteiger charge is 2.30. The summed E-state index contributed by atoms with van der Waals surface area (Å²) in [6.45, 7) is 3.45. The van der Waals surface area contributed by atoms with Crippen molar-refractivity contribution in [2.45, 2.75) is 13.3 Å². The van der Waals surface area contributed by atoms with Gasteiger partial charge in [-0.15, -0.1) is 13.2 Å². The molecular weight excluding hydrogens is 397 g/mol. The van der Waals surface area contributed by atoms with E-state index in [4.69, 9.17) is 5.11 Å².